The number of ether oxygens (including phenoxy) is 2. The van der Waals surface area contributed by atoms with Crippen molar-refractivity contribution in [3.8, 4) is 33.8 Å². The highest BCUT2D eigenvalue weighted by atomic mass is 16.5. The normalized spacial score (nSPS) is 10.4. The van der Waals surface area contributed by atoms with Crippen LogP contribution in [0.1, 0.15) is 10.4 Å². The van der Waals surface area contributed by atoms with Crippen molar-refractivity contribution in [3.63, 3.8) is 0 Å². The second-order valence-corrected chi connectivity index (χ2v) is 5.67. The number of carbonyl (C=O) groups is 1. The first-order valence-electron chi connectivity index (χ1n) is 7.91. The Balaban J connectivity index is 2.09. The number of hydrogen-bond acceptors (Lipinski definition) is 5. The Morgan fingerprint density at radius 3 is 2.38 bits per heavy atom. The third kappa shape index (κ3) is 3.30. The molecule has 6 nitrogen and oxygen atoms in total. The summed E-state index contributed by atoms with van der Waals surface area (Å²) in [5.74, 6) is 1.15. The molecular formula is C20H19N3O3. The summed E-state index contributed by atoms with van der Waals surface area (Å²) in [6.45, 7) is 0. The number of nitrogens with zero attached hydrogens (tertiary/aromatic N) is 1. The van der Waals surface area contributed by atoms with Crippen LogP contribution in [0.4, 0.5) is 5.82 Å². The zero-order valence-electron chi connectivity index (χ0n) is 14.5. The smallest absolute Gasteiger partial charge is 0.248 e. The van der Waals surface area contributed by atoms with Gasteiger partial charge in [0.1, 0.15) is 5.82 Å². The van der Waals surface area contributed by atoms with Gasteiger partial charge in [0.15, 0.2) is 11.5 Å². The Kier molecular flexibility index (Phi) is 4.75. The summed E-state index contributed by atoms with van der Waals surface area (Å²) in [6.07, 6.45) is 1.67. The van der Waals surface area contributed by atoms with Crippen LogP contribution in [0.25, 0.3) is 22.3 Å². The molecule has 3 rings (SSSR count). The van der Waals surface area contributed by atoms with Crippen LogP contribution in [0.15, 0.2) is 54.7 Å². The van der Waals surface area contributed by atoms with E-state index in [0.29, 0.717) is 22.9 Å². The average Bonchev–Trinajstić information content (AvgIpc) is 2.68. The van der Waals surface area contributed by atoms with Crippen LogP contribution in [0.5, 0.6) is 11.5 Å². The van der Waals surface area contributed by atoms with Gasteiger partial charge in [0.05, 0.1) is 14.2 Å². The summed E-state index contributed by atoms with van der Waals surface area (Å²) in [7, 11) is 3.16. The van der Waals surface area contributed by atoms with Crippen LogP contribution in [0, 0.1) is 0 Å². The molecule has 3 aromatic rings. The Labute approximate surface area is 151 Å². The zero-order chi connectivity index (χ0) is 18.7. The van der Waals surface area contributed by atoms with Crippen molar-refractivity contribution in [2.24, 2.45) is 5.73 Å². The highest BCUT2D eigenvalue weighted by Gasteiger charge is 2.11. The van der Waals surface area contributed by atoms with Gasteiger partial charge in [-0.25, -0.2) is 4.98 Å². The molecule has 0 atom stereocenters. The maximum absolute atomic E-state index is 11.4. The number of pyridine rings is 1. The highest BCUT2D eigenvalue weighted by Crippen LogP contribution is 2.35. The van der Waals surface area contributed by atoms with E-state index in [1.165, 1.54) is 0 Å². The predicted octanol–water partition coefficient (Wildman–Crippen LogP) is 3.11. The molecule has 2 aromatic carbocycles. The van der Waals surface area contributed by atoms with Gasteiger partial charge in [-0.05, 0) is 41.5 Å². The second kappa shape index (κ2) is 7.14. The van der Waals surface area contributed by atoms with Gasteiger partial charge < -0.3 is 20.9 Å². The van der Waals surface area contributed by atoms with Crippen molar-refractivity contribution >= 4 is 11.7 Å². The van der Waals surface area contributed by atoms with Crippen LogP contribution < -0.4 is 20.9 Å². The number of rotatable bonds is 5. The minimum absolute atomic E-state index is 0.395. The molecular weight excluding hydrogens is 330 g/mol. The van der Waals surface area contributed by atoms with Crippen LogP contribution >= 0.6 is 0 Å². The van der Waals surface area contributed by atoms with Crippen molar-refractivity contribution in [3.05, 3.63) is 60.3 Å². The van der Waals surface area contributed by atoms with E-state index in [4.69, 9.17) is 20.9 Å². The molecule has 26 heavy (non-hydrogen) atoms. The minimum Gasteiger partial charge on any atom is -0.493 e. The number of carbonyl (C=O) groups excluding carboxylic acids is 1. The number of amides is 1. The van der Waals surface area contributed by atoms with E-state index in [2.05, 4.69) is 4.98 Å². The maximum Gasteiger partial charge on any atom is 0.248 e. The largest absolute Gasteiger partial charge is 0.493 e. The van der Waals surface area contributed by atoms with Gasteiger partial charge in [0, 0.05) is 22.9 Å². The molecule has 6 heteroatoms. The minimum atomic E-state index is -0.477. The summed E-state index contributed by atoms with van der Waals surface area (Å²) >= 11 is 0. The zero-order valence-corrected chi connectivity index (χ0v) is 14.5. The van der Waals surface area contributed by atoms with Gasteiger partial charge >= 0.3 is 0 Å². The van der Waals surface area contributed by atoms with Gasteiger partial charge in [-0.15, -0.1) is 0 Å². The Morgan fingerprint density at radius 1 is 0.923 bits per heavy atom. The lowest BCUT2D eigenvalue weighted by atomic mass is 9.99. The SMILES string of the molecule is COc1ccc(-c2cc(-c3cccc(C(N)=O)c3)cnc2N)cc1OC. The predicted molar refractivity (Wildman–Crippen MR) is 101 cm³/mol. The molecule has 0 saturated heterocycles. The lowest BCUT2D eigenvalue weighted by molar-refractivity contribution is 0.100. The first-order chi connectivity index (χ1) is 12.5. The number of hydrogen-bond donors (Lipinski definition) is 2. The number of benzene rings is 2. The molecule has 0 aliphatic carbocycles. The molecule has 1 heterocycles. The first kappa shape index (κ1) is 17.3. The third-order valence-corrected chi connectivity index (χ3v) is 4.09. The monoisotopic (exact) mass is 349 g/mol. The van der Waals surface area contributed by atoms with E-state index >= 15 is 0 Å². The van der Waals surface area contributed by atoms with E-state index in [1.807, 2.05) is 30.3 Å². The molecule has 4 N–H and O–H groups in total. The number of anilines is 1. The molecule has 0 aliphatic rings. The molecule has 0 fully saturated rings. The van der Waals surface area contributed by atoms with Crippen LogP contribution in [-0.4, -0.2) is 25.1 Å². The van der Waals surface area contributed by atoms with Crippen molar-refractivity contribution < 1.29 is 14.3 Å². The lowest BCUT2D eigenvalue weighted by Gasteiger charge is -2.12. The molecule has 0 radical (unpaired) electrons. The molecule has 0 bridgehead atoms. The molecule has 0 aliphatic heterocycles. The van der Waals surface area contributed by atoms with Crippen LogP contribution in [0.2, 0.25) is 0 Å². The van der Waals surface area contributed by atoms with E-state index in [1.54, 1.807) is 38.6 Å². The summed E-state index contributed by atoms with van der Waals surface area (Å²) in [6, 6.07) is 14.5. The van der Waals surface area contributed by atoms with Crippen molar-refractivity contribution in [1.29, 1.82) is 0 Å². The summed E-state index contributed by atoms with van der Waals surface area (Å²) < 4.78 is 10.6. The number of nitrogens with two attached hydrogens (primary N) is 2. The molecule has 132 valence electrons. The lowest BCUT2D eigenvalue weighted by Crippen LogP contribution is -2.10. The summed E-state index contributed by atoms with van der Waals surface area (Å²) in [5, 5.41) is 0. The fraction of sp³-hybridized carbons (Fsp3) is 0.100. The Bertz CT molecular complexity index is 970. The number of nitrogen functional groups attached to an aromatic ring is 1. The summed E-state index contributed by atoms with van der Waals surface area (Å²) in [4.78, 5) is 15.7. The van der Waals surface area contributed by atoms with E-state index in [-0.39, 0.29) is 0 Å². The van der Waals surface area contributed by atoms with E-state index < -0.39 is 5.91 Å². The Hall–Kier alpha value is -3.54. The number of aromatic nitrogens is 1. The second-order valence-electron chi connectivity index (χ2n) is 5.67. The van der Waals surface area contributed by atoms with Gasteiger partial charge in [-0.3, -0.25) is 4.79 Å². The van der Waals surface area contributed by atoms with Crippen molar-refractivity contribution in [2.75, 3.05) is 20.0 Å². The van der Waals surface area contributed by atoms with E-state index in [9.17, 15) is 4.79 Å². The molecule has 0 unspecified atom stereocenters. The van der Waals surface area contributed by atoms with Gasteiger partial charge in [-0.2, -0.15) is 0 Å². The summed E-state index contributed by atoms with van der Waals surface area (Å²) in [5.41, 5.74) is 15.1. The standard InChI is InChI=1S/C20H19N3O3/c1-25-17-7-6-13(10-18(17)26-2)16-9-15(11-23-19(16)21)12-4-3-5-14(8-12)20(22)24/h3-11H,1-2H3,(H2,21,23)(H2,22,24). The first-order valence-corrected chi connectivity index (χ1v) is 7.91. The average molecular weight is 349 g/mol. The van der Waals surface area contributed by atoms with Crippen molar-refractivity contribution in [2.45, 2.75) is 0 Å². The van der Waals surface area contributed by atoms with Crippen LogP contribution in [0.3, 0.4) is 0 Å². The number of methoxy groups -OCH3 is 2. The van der Waals surface area contributed by atoms with Gasteiger partial charge in [0.25, 0.3) is 0 Å². The third-order valence-electron chi connectivity index (χ3n) is 4.09. The Morgan fingerprint density at radius 2 is 1.69 bits per heavy atom. The van der Waals surface area contributed by atoms with Gasteiger partial charge in [0.2, 0.25) is 5.91 Å². The van der Waals surface area contributed by atoms with E-state index in [0.717, 1.165) is 22.3 Å². The maximum atomic E-state index is 11.4. The topological polar surface area (TPSA) is 100 Å². The van der Waals surface area contributed by atoms with Gasteiger partial charge in [-0.1, -0.05) is 18.2 Å². The molecule has 1 aromatic heterocycles. The molecule has 0 saturated carbocycles. The highest BCUT2D eigenvalue weighted by molar-refractivity contribution is 5.94. The van der Waals surface area contributed by atoms with Crippen LogP contribution in [-0.2, 0) is 0 Å². The fourth-order valence-corrected chi connectivity index (χ4v) is 2.72. The molecule has 1 amide bonds. The van der Waals surface area contributed by atoms with Crippen molar-refractivity contribution in [1.82, 2.24) is 4.98 Å². The molecule has 0 spiro atoms. The fourth-order valence-electron chi connectivity index (χ4n) is 2.72. The quantitative estimate of drug-likeness (QED) is 0.737. The number of primary amides is 1.